The number of carbonyl (C=O) groups excluding carboxylic acids is 1. The third-order valence-electron chi connectivity index (χ3n) is 4.50. The van der Waals surface area contributed by atoms with Crippen LogP contribution in [0.4, 0.5) is 10.1 Å². The number of anilines is 1. The van der Waals surface area contributed by atoms with Gasteiger partial charge in [-0.3, -0.25) is 4.79 Å². The second-order valence-corrected chi connectivity index (χ2v) is 8.33. The van der Waals surface area contributed by atoms with Crippen molar-refractivity contribution in [2.75, 3.05) is 11.9 Å². The summed E-state index contributed by atoms with van der Waals surface area (Å²) in [5.74, 6) is -0.851. The van der Waals surface area contributed by atoms with E-state index in [4.69, 9.17) is 0 Å². The van der Waals surface area contributed by atoms with E-state index in [1.54, 1.807) is 12.1 Å². The Morgan fingerprint density at radius 3 is 2.38 bits per heavy atom. The molecule has 0 radical (unpaired) electrons. The van der Waals surface area contributed by atoms with Crippen LogP contribution in [0.5, 0.6) is 0 Å². The molecule has 1 saturated heterocycles. The van der Waals surface area contributed by atoms with Crippen LogP contribution in [0, 0.1) is 12.7 Å². The lowest BCUT2D eigenvalue weighted by Gasteiger charge is -2.33. The number of hydrogen-bond donors (Lipinski definition) is 1. The van der Waals surface area contributed by atoms with Crippen LogP contribution in [-0.4, -0.2) is 31.2 Å². The molecule has 0 saturated carbocycles. The maximum atomic E-state index is 13.1. The number of nitrogens with zero attached hydrogens (tertiary/aromatic N) is 1. The maximum absolute atomic E-state index is 13.1. The Bertz CT molecular complexity index is 880. The number of benzene rings is 2. The summed E-state index contributed by atoms with van der Waals surface area (Å²) in [4.78, 5) is 12.7. The van der Waals surface area contributed by atoms with Gasteiger partial charge in [-0.15, -0.1) is 0 Å². The number of rotatable bonds is 4. The molecule has 0 unspecified atom stereocenters. The van der Waals surface area contributed by atoms with Crippen molar-refractivity contribution in [2.45, 2.75) is 37.1 Å². The Balaban J connectivity index is 1.83. The van der Waals surface area contributed by atoms with E-state index in [0.717, 1.165) is 24.1 Å². The number of aryl methyl sites for hydroxylation is 1. The molecule has 5 nitrogen and oxygen atoms in total. The van der Waals surface area contributed by atoms with Gasteiger partial charge in [-0.2, -0.15) is 4.31 Å². The van der Waals surface area contributed by atoms with Gasteiger partial charge in [-0.05, 0) is 56.2 Å². The van der Waals surface area contributed by atoms with Gasteiger partial charge in [0.05, 0.1) is 4.90 Å². The van der Waals surface area contributed by atoms with E-state index < -0.39 is 21.9 Å². The summed E-state index contributed by atoms with van der Waals surface area (Å²) in [6, 6.07) is 11.2. The largest absolute Gasteiger partial charge is 0.325 e. The van der Waals surface area contributed by atoms with Gasteiger partial charge in [0.25, 0.3) is 0 Å². The lowest BCUT2D eigenvalue weighted by molar-refractivity contribution is -0.120. The molecular weight excluding hydrogens is 355 g/mol. The number of amides is 1. The fourth-order valence-corrected chi connectivity index (χ4v) is 4.72. The maximum Gasteiger partial charge on any atom is 0.243 e. The standard InChI is InChI=1S/C19H21FN2O3S/c1-14-5-9-16(10-6-14)21-19(23)18-4-2-3-13-22(18)26(24,25)17-11-7-15(20)8-12-17/h5-12,18H,2-4,13H2,1H3,(H,21,23)/t18-/m1/s1. The zero-order chi connectivity index (χ0) is 18.7. The molecule has 1 atom stereocenters. The highest BCUT2D eigenvalue weighted by atomic mass is 32.2. The molecule has 0 bridgehead atoms. The van der Waals surface area contributed by atoms with Gasteiger partial charge < -0.3 is 5.32 Å². The highest BCUT2D eigenvalue weighted by Gasteiger charge is 2.37. The fraction of sp³-hybridized carbons (Fsp3) is 0.316. The summed E-state index contributed by atoms with van der Waals surface area (Å²) in [6.45, 7) is 2.22. The van der Waals surface area contributed by atoms with E-state index in [9.17, 15) is 17.6 Å². The van der Waals surface area contributed by atoms with Crippen molar-refractivity contribution in [1.82, 2.24) is 4.31 Å². The zero-order valence-electron chi connectivity index (χ0n) is 14.5. The van der Waals surface area contributed by atoms with Crippen molar-refractivity contribution in [3.8, 4) is 0 Å². The second kappa shape index (κ2) is 7.55. The third kappa shape index (κ3) is 3.94. The zero-order valence-corrected chi connectivity index (χ0v) is 15.3. The third-order valence-corrected chi connectivity index (χ3v) is 6.42. The Kier molecular flexibility index (Phi) is 5.38. The molecular formula is C19H21FN2O3S. The van der Waals surface area contributed by atoms with Crippen LogP contribution < -0.4 is 5.32 Å². The van der Waals surface area contributed by atoms with Crippen LogP contribution in [0.1, 0.15) is 24.8 Å². The van der Waals surface area contributed by atoms with Gasteiger partial charge in [0, 0.05) is 12.2 Å². The molecule has 2 aromatic rings. The first-order chi connectivity index (χ1) is 12.4. The highest BCUT2D eigenvalue weighted by molar-refractivity contribution is 7.89. The van der Waals surface area contributed by atoms with Crippen LogP contribution in [0.15, 0.2) is 53.4 Å². The van der Waals surface area contributed by atoms with Gasteiger partial charge in [-0.1, -0.05) is 24.1 Å². The van der Waals surface area contributed by atoms with Crippen molar-refractivity contribution < 1.29 is 17.6 Å². The lowest BCUT2D eigenvalue weighted by atomic mass is 10.0. The molecule has 1 aliphatic heterocycles. The molecule has 0 aromatic heterocycles. The van der Waals surface area contributed by atoms with Crippen molar-refractivity contribution in [1.29, 1.82) is 0 Å². The van der Waals surface area contributed by atoms with E-state index >= 15 is 0 Å². The predicted molar refractivity (Wildman–Crippen MR) is 97.7 cm³/mol. The van der Waals surface area contributed by atoms with Crippen molar-refractivity contribution >= 4 is 21.6 Å². The monoisotopic (exact) mass is 376 g/mol. The van der Waals surface area contributed by atoms with Crippen molar-refractivity contribution in [2.24, 2.45) is 0 Å². The minimum absolute atomic E-state index is 0.00561. The van der Waals surface area contributed by atoms with Gasteiger partial charge in [0.1, 0.15) is 11.9 Å². The van der Waals surface area contributed by atoms with E-state index in [2.05, 4.69) is 5.32 Å². The van der Waals surface area contributed by atoms with Crippen LogP contribution in [0.25, 0.3) is 0 Å². The lowest BCUT2D eigenvalue weighted by Crippen LogP contribution is -2.49. The highest BCUT2D eigenvalue weighted by Crippen LogP contribution is 2.26. The number of halogens is 1. The molecule has 1 N–H and O–H groups in total. The molecule has 1 fully saturated rings. The number of nitrogens with one attached hydrogen (secondary N) is 1. The van der Waals surface area contributed by atoms with Crippen LogP contribution in [0.3, 0.4) is 0 Å². The first-order valence-corrected chi connectivity index (χ1v) is 9.97. The first-order valence-electron chi connectivity index (χ1n) is 8.53. The average Bonchev–Trinajstić information content (AvgIpc) is 2.64. The number of hydrogen-bond acceptors (Lipinski definition) is 3. The van der Waals surface area contributed by atoms with Gasteiger partial charge in [0.2, 0.25) is 15.9 Å². The Morgan fingerprint density at radius 2 is 1.73 bits per heavy atom. The van der Waals surface area contributed by atoms with E-state index in [-0.39, 0.29) is 17.3 Å². The minimum Gasteiger partial charge on any atom is -0.325 e. The molecule has 0 spiro atoms. The molecule has 0 aliphatic carbocycles. The van der Waals surface area contributed by atoms with E-state index in [1.807, 2.05) is 19.1 Å². The summed E-state index contributed by atoms with van der Waals surface area (Å²) in [5, 5.41) is 2.80. The summed E-state index contributed by atoms with van der Waals surface area (Å²) in [5.41, 5.74) is 1.70. The Labute approximate surface area is 152 Å². The minimum atomic E-state index is -3.87. The summed E-state index contributed by atoms with van der Waals surface area (Å²) in [7, 11) is -3.87. The van der Waals surface area contributed by atoms with E-state index in [1.165, 1.54) is 16.4 Å². The Morgan fingerprint density at radius 1 is 1.08 bits per heavy atom. The predicted octanol–water partition coefficient (Wildman–Crippen LogP) is 3.32. The summed E-state index contributed by atoms with van der Waals surface area (Å²) in [6.07, 6.45) is 1.92. The summed E-state index contributed by atoms with van der Waals surface area (Å²) >= 11 is 0. The first kappa shape index (κ1) is 18.5. The fourth-order valence-electron chi connectivity index (χ4n) is 3.06. The average molecular weight is 376 g/mol. The summed E-state index contributed by atoms with van der Waals surface area (Å²) < 4.78 is 40.2. The van der Waals surface area contributed by atoms with Crippen molar-refractivity contribution in [3.05, 3.63) is 59.9 Å². The van der Waals surface area contributed by atoms with E-state index in [0.29, 0.717) is 18.5 Å². The van der Waals surface area contributed by atoms with Gasteiger partial charge >= 0.3 is 0 Å². The van der Waals surface area contributed by atoms with Gasteiger partial charge in [0.15, 0.2) is 0 Å². The quantitative estimate of drug-likeness (QED) is 0.890. The molecule has 3 rings (SSSR count). The molecule has 1 amide bonds. The number of sulfonamides is 1. The molecule has 1 aliphatic rings. The molecule has 26 heavy (non-hydrogen) atoms. The number of carbonyl (C=O) groups is 1. The van der Waals surface area contributed by atoms with Gasteiger partial charge in [-0.25, -0.2) is 12.8 Å². The molecule has 2 aromatic carbocycles. The Hall–Kier alpha value is -2.25. The normalized spacial score (nSPS) is 18.5. The van der Waals surface area contributed by atoms with Crippen LogP contribution in [-0.2, 0) is 14.8 Å². The van der Waals surface area contributed by atoms with Crippen molar-refractivity contribution in [3.63, 3.8) is 0 Å². The van der Waals surface area contributed by atoms with Crippen LogP contribution >= 0.6 is 0 Å². The number of piperidine rings is 1. The SMILES string of the molecule is Cc1ccc(NC(=O)[C@H]2CCCCN2S(=O)(=O)c2ccc(F)cc2)cc1. The smallest absolute Gasteiger partial charge is 0.243 e. The molecule has 7 heteroatoms. The topological polar surface area (TPSA) is 66.5 Å². The second-order valence-electron chi connectivity index (χ2n) is 6.44. The molecule has 138 valence electrons. The molecule has 1 heterocycles. The van der Waals surface area contributed by atoms with Crippen LogP contribution in [0.2, 0.25) is 0 Å².